The highest BCUT2D eigenvalue weighted by atomic mass is 35.5. The maximum absolute atomic E-state index is 11.4. The molecule has 0 unspecified atom stereocenters. The van der Waals surface area contributed by atoms with Crippen molar-refractivity contribution in [2.24, 2.45) is 0 Å². The van der Waals surface area contributed by atoms with Gasteiger partial charge in [0.25, 0.3) is 0 Å². The summed E-state index contributed by atoms with van der Waals surface area (Å²) in [6, 6.07) is 3.86. The van der Waals surface area contributed by atoms with E-state index in [-0.39, 0.29) is 12.4 Å². The number of nitrogen functional groups attached to an aromatic ring is 1. The summed E-state index contributed by atoms with van der Waals surface area (Å²) < 4.78 is 15.9. The first-order valence-corrected chi connectivity index (χ1v) is 10.2. The zero-order valence-electron chi connectivity index (χ0n) is 17.3. The molecular weight excluding hydrogens is 382 g/mol. The molecule has 0 aromatic heterocycles. The van der Waals surface area contributed by atoms with E-state index in [0.29, 0.717) is 18.2 Å². The Kier molecular flexibility index (Phi) is 12.2. The monoisotopic (exact) mass is 415 g/mol. The van der Waals surface area contributed by atoms with Crippen LogP contribution in [-0.4, -0.2) is 59.4 Å². The van der Waals surface area contributed by atoms with Crippen LogP contribution in [0.25, 0.3) is 0 Å². The molecule has 0 aliphatic rings. The number of carbonyl (C=O) groups excluding carboxylic acids is 1. The van der Waals surface area contributed by atoms with Crippen LogP contribution in [0.3, 0.4) is 0 Å². The van der Waals surface area contributed by atoms with Crippen molar-refractivity contribution in [2.75, 3.05) is 69.4 Å². The SMILES string of the molecule is CNc1cc(N(CCCCOC)CCCCOC(=O)CCCl)c(OC)cc1N. The van der Waals surface area contributed by atoms with Gasteiger partial charge in [0.2, 0.25) is 0 Å². The molecule has 0 radical (unpaired) electrons. The number of esters is 1. The maximum Gasteiger partial charge on any atom is 0.306 e. The summed E-state index contributed by atoms with van der Waals surface area (Å²) in [5.74, 6) is 0.792. The van der Waals surface area contributed by atoms with Crippen molar-refractivity contribution in [1.82, 2.24) is 0 Å². The van der Waals surface area contributed by atoms with Crippen LogP contribution in [0.15, 0.2) is 12.1 Å². The summed E-state index contributed by atoms with van der Waals surface area (Å²) in [5.41, 5.74) is 8.59. The van der Waals surface area contributed by atoms with Crippen molar-refractivity contribution in [3.05, 3.63) is 12.1 Å². The lowest BCUT2D eigenvalue weighted by Gasteiger charge is -2.27. The molecule has 0 bridgehead atoms. The third kappa shape index (κ3) is 8.44. The molecule has 0 atom stereocenters. The molecule has 1 aromatic rings. The van der Waals surface area contributed by atoms with Gasteiger partial charge in [-0.25, -0.2) is 0 Å². The zero-order valence-corrected chi connectivity index (χ0v) is 18.0. The molecule has 3 N–H and O–H groups in total. The van der Waals surface area contributed by atoms with Crippen LogP contribution in [0.5, 0.6) is 5.75 Å². The number of nitrogens with zero attached hydrogens (tertiary/aromatic N) is 1. The van der Waals surface area contributed by atoms with Crippen molar-refractivity contribution < 1.29 is 19.0 Å². The molecule has 0 saturated carbocycles. The lowest BCUT2D eigenvalue weighted by atomic mass is 10.1. The average molecular weight is 416 g/mol. The molecule has 0 fully saturated rings. The van der Waals surface area contributed by atoms with Gasteiger partial charge in [0.15, 0.2) is 0 Å². The van der Waals surface area contributed by atoms with Gasteiger partial charge in [-0.15, -0.1) is 11.6 Å². The van der Waals surface area contributed by atoms with Gasteiger partial charge in [-0.3, -0.25) is 4.79 Å². The molecule has 0 saturated heterocycles. The zero-order chi connectivity index (χ0) is 20.8. The van der Waals surface area contributed by atoms with E-state index in [4.69, 9.17) is 31.5 Å². The second-order valence-corrected chi connectivity index (χ2v) is 6.79. The smallest absolute Gasteiger partial charge is 0.306 e. The predicted octanol–water partition coefficient (Wildman–Crippen LogP) is 3.50. The number of nitrogens with two attached hydrogens (primary N) is 1. The Bertz CT molecular complexity index is 587. The van der Waals surface area contributed by atoms with E-state index in [9.17, 15) is 4.79 Å². The number of methoxy groups -OCH3 is 2. The summed E-state index contributed by atoms with van der Waals surface area (Å²) in [7, 11) is 5.21. The van der Waals surface area contributed by atoms with Gasteiger partial charge in [-0.2, -0.15) is 0 Å². The average Bonchev–Trinajstić information content (AvgIpc) is 2.69. The Morgan fingerprint density at radius 1 is 1.14 bits per heavy atom. The molecule has 0 aliphatic heterocycles. The van der Waals surface area contributed by atoms with Crippen LogP contribution in [0, 0.1) is 0 Å². The molecule has 1 rings (SSSR count). The fraction of sp³-hybridized carbons (Fsp3) is 0.650. The first-order valence-electron chi connectivity index (χ1n) is 9.68. The number of alkyl halides is 1. The third-order valence-corrected chi connectivity index (χ3v) is 4.56. The van der Waals surface area contributed by atoms with Gasteiger partial charge in [-0.1, -0.05) is 0 Å². The number of hydrogen-bond donors (Lipinski definition) is 2. The van der Waals surface area contributed by atoms with Gasteiger partial charge >= 0.3 is 5.97 Å². The molecular formula is C20H34ClN3O4. The van der Waals surface area contributed by atoms with Gasteiger partial charge < -0.3 is 30.2 Å². The Morgan fingerprint density at radius 3 is 2.39 bits per heavy atom. The summed E-state index contributed by atoms with van der Waals surface area (Å²) in [6.07, 6.45) is 3.92. The number of anilines is 3. The number of hydrogen-bond acceptors (Lipinski definition) is 7. The summed E-state index contributed by atoms with van der Waals surface area (Å²) in [6.45, 7) is 2.85. The van der Waals surface area contributed by atoms with Crippen LogP contribution >= 0.6 is 11.6 Å². The second kappa shape index (κ2) is 14.2. The Labute approximate surface area is 173 Å². The van der Waals surface area contributed by atoms with Crippen LogP contribution in [-0.2, 0) is 14.3 Å². The van der Waals surface area contributed by atoms with E-state index < -0.39 is 0 Å². The number of rotatable bonds is 15. The van der Waals surface area contributed by atoms with Gasteiger partial charge in [0.05, 0.1) is 37.2 Å². The lowest BCUT2D eigenvalue weighted by molar-refractivity contribution is -0.143. The van der Waals surface area contributed by atoms with E-state index >= 15 is 0 Å². The molecule has 0 aliphatic carbocycles. The maximum atomic E-state index is 11.4. The van der Waals surface area contributed by atoms with Crippen LogP contribution in [0.1, 0.15) is 32.1 Å². The minimum atomic E-state index is -0.245. The Hall–Kier alpha value is -1.86. The third-order valence-electron chi connectivity index (χ3n) is 4.37. The van der Waals surface area contributed by atoms with E-state index in [1.807, 2.05) is 19.2 Å². The minimum absolute atomic E-state index is 0.245. The standard InChI is InChI=1S/C20H34ClN3O4/c1-23-17-15-18(19(27-3)14-16(17)22)24(10-4-6-12-26-2)11-5-7-13-28-20(25)8-9-21/h14-15,23H,4-13,22H2,1-3H3. The van der Waals surface area contributed by atoms with Crippen LogP contribution in [0.4, 0.5) is 17.1 Å². The fourth-order valence-corrected chi connectivity index (χ4v) is 3.01. The fourth-order valence-electron chi connectivity index (χ4n) is 2.85. The number of halogens is 1. The Morgan fingerprint density at radius 2 is 1.82 bits per heavy atom. The summed E-state index contributed by atoms with van der Waals surface area (Å²) >= 11 is 5.54. The van der Waals surface area contributed by atoms with Crippen molar-refractivity contribution in [1.29, 1.82) is 0 Å². The van der Waals surface area contributed by atoms with E-state index in [1.54, 1.807) is 14.2 Å². The lowest BCUT2D eigenvalue weighted by Crippen LogP contribution is -2.27. The molecule has 0 heterocycles. The first kappa shape index (κ1) is 24.2. The first-order chi connectivity index (χ1) is 13.6. The largest absolute Gasteiger partial charge is 0.495 e. The molecule has 8 heteroatoms. The predicted molar refractivity (Wildman–Crippen MR) is 116 cm³/mol. The van der Waals surface area contributed by atoms with Gasteiger partial charge in [0.1, 0.15) is 5.75 Å². The molecule has 1 aromatic carbocycles. The molecule has 7 nitrogen and oxygen atoms in total. The second-order valence-electron chi connectivity index (χ2n) is 6.41. The molecule has 28 heavy (non-hydrogen) atoms. The summed E-state index contributed by atoms with van der Waals surface area (Å²) in [5, 5.41) is 3.12. The Balaban J connectivity index is 2.75. The number of carbonyl (C=O) groups is 1. The van der Waals surface area contributed by atoms with Crippen molar-refractivity contribution >= 4 is 34.6 Å². The quantitative estimate of drug-likeness (QED) is 0.196. The highest BCUT2D eigenvalue weighted by Crippen LogP contribution is 2.36. The van der Waals surface area contributed by atoms with E-state index in [2.05, 4.69) is 10.2 Å². The van der Waals surface area contributed by atoms with E-state index in [0.717, 1.165) is 62.5 Å². The molecule has 0 spiro atoms. The molecule has 160 valence electrons. The van der Waals surface area contributed by atoms with Crippen molar-refractivity contribution in [3.8, 4) is 5.75 Å². The normalized spacial score (nSPS) is 10.6. The van der Waals surface area contributed by atoms with Crippen LogP contribution < -0.4 is 20.7 Å². The number of benzene rings is 1. The number of unbranched alkanes of at least 4 members (excludes halogenated alkanes) is 2. The molecule has 0 amide bonds. The van der Waals surface area contributed by atoms with Gasteiger partial charge in [-0.05, 0) is 31.7 Å². The minimum Gasteiger partial charge on any atom is -0.495 e. The van der Waals surface area contributed by atoms with Crippen molar-refractivity contribution in [2.45, 2.75) is 32.1 Å². The highest BCUT2D eigenvalue weighted by Gasteiger charge is 2.15. The van der Waals surface area contributed by atoms with Gasteiger partial charge in [0, 0.05) is 45.8 Å². The van der Waals surface area contributed by atoms with E-state index in [1.165, 1.54) is 0 Å². The number of ether oxygens (including phenoxy) is 3. The number of nitrogens with one attached hydrogen (secondary N) is 1. The van der Waals surface area contributed by atoms with Crippen LogP contribution in [0.2, 0.25) is 0 Å². The topological polar surface area (TPSA) is 86.0 Å². The summed E-state index contributed by atoms with van der Waals surface area (Å²) in [4.78, 5) is 13.7. The van der Waals surface area contributed by atoms with Crippen molar-refractivity contribution in [3.63, 3.8) is 0 Å². The highest BCUT2D eigenvalue weighted by molar-refractivity contribution is 6.18.